The van der Waals surface area contributed by atoms with E-state index < -0.39 is 12.1 Å². The van der Waals surface area contributed by atoms with E-state index in [1.807, 2.05) is 13.8 Å². The summed E-state index contributed by atoms with van der Waals surface area (Å²) >= 11 is 6.24. The van der Waals surface area contributed by atoms with Crippen molar-refractivity contribution >= 4 is 17.6 Å². The van der Waals surface area contributed by atoms with E-state index in [2.05, 4.69) is 5.10 Å². The average Bonchev–Trinajstić information content (AvgIpc) is 2.69. The number of aromatic nitrogens is 2. The fraction of sp³-hybridized carbons (Fsp3) is 0.375. The van der Waals surface area contributed by atoms with Crippen LogP contribution in [0.4, 0.5) is 0 Å². The molecule has 0 aliphatic rings. The van der Waals surface area contributed by atoms with Gasteiger partial charge in [0.25, 0.3) is 0 Å². The first kappa shape index (κ1) is 17.1. The van der Waals surface area contributed by atoms with Crippen LogP contribution in [0.1, 0.15) is 23.7 Å². The van der Waals surface area contributed by atoms with Gasteiger partial charge in [-0.15, -0.1) is 0 Å². The number of aryl methyl sites for hydroxylation is 3. The van der Waals surface area contributed by atoms with Crippen LogP contribution in [-0.2, 0) is 11.8 Å². The zero-order valence-electron chi connectivity index (χ0n) is 13.7. The third-order valence-corrected chi connectivity index (χ3v) is 3.84. The number of aliphatic carboxylic acids is 1. The second-order valence-electron chi connectivity index (χ2n) is 5.39. The van der Waals surface area contributed by atoms with Gasteiger partial charge in [-0.2, -0.15) is 5.10 Å². The average molecular weight is 339 g/mol. The maximum Gasteiger partial charge on any atom is 0.344 e. The van der Waals surface area contributed by atoms with Gasteiger partial charge in [0.2, 0.25) is 5.88 Å². The second-order valence-corrected chi connectivity index (χ2v) is 5.79. The minimum absolute atomic E-state index is 0.385. The Morgan fingerprint density at radius 1 is 1.30 bits per heavy atom. The largest absolute Gasteiger partial charge is 0.479 e. The lowest BCUT2D eigenvalue weighted by atomic mass is 10.2. The van der Waals surface area contributed by atoms with E-state index in [0.29, 0.717) is 22.4 Å². The molecule has 1 N–H and O–H groups in total. The number of rotatable bonds is 5. The lowest BCUT2D eigenvalue weighted by Gasteiger charge is -2.16. The number of carbonyl (C=O) groups is 1. The fourth-order valence-corrected chi connectivity index (χ4v) is 2.33. The van der Waals surface area contributed by atoms with Gasteiger partial charge < -0.3 is 14.6 Å². The first-order valence-corrected chi connectivity index (χ1v) is 7.46. The van der Waals surface area contributed by atoms with Gasteiger partial charge in [-0.3, -0.25) is 0 Å². The van der Waals surface area contributed by atoms with E-state index in [9.17, 15) is 4.79 Å². The Morgan fingerprint density at radius 2 is 1.96 bits per heavy atom. The van der Waals surface area contributed by atoms with E-state index in [1.54, 1.807) is 30.8 Å². The summed E-state index contributed by atoms with van der Waals surface area (Å²) in [6, 6.07) is 3.28. The van der Waals surface area contributed by atoms with Gasteiger partial charge in [0.15, 0.2) is 11.9 Å². The number of hydrogen-bond donors (Lipinski definition) is 1. The first-order valence-electron chi connectivity index (χ1n) is 7.08. The first-order chi connectivity index (χ1) is 10.7. The normalized spacial score (nSPS) is 12.1. The number of halogens is 1. The highest BCUT2D eigenvalue weighted by Gasteiger charge is 2.18. The molecule has 2 aromatic rings. The summed E-state index contributed by atoms with van der Waals surface area (Å²) in [5.74, 6) is 0.331. The van der Waals surface area contributed by atoms with Crippen LogP contribution in [0.3, 0.4) is 0 Å². The standard InChI is InChI=1S/C16H19ClN2O4/c1-8-6-12(17)14(7-13(8)22-11(4)16(20)21)23-15-9(2)10(3)18-19(15)5/h6-7,11H,1-5H3,(H,20,21)/t11-/m0/s1. The van der Waals surface area contributed by atoms with Crippen molar-refractivity contribution in [1.29, 1.82) is 0 Å². The van der Waals surface area contributed by atoms with Gasteiger partial charge in [-0.25, -0.2) is 9.48 Å². The molecule has 0 fully saturated rings. The van der Waals surface area contributed by atoms with Crippen molar-refractivity contribution in [3.8, 4) is 17.4 Å². The summed E-state index contributed by atoms with van der Waals surface area (Å²) in [6.45, 7) is 7.05. The quantitative estimate of drug-likeness (QED) is 0.900. The molecule has 0 saturated carbocycles. The SMILES string of the molecule is Cc1cc(Cl)c(Oc2c(C)c(C)nn2C)cc1O[C@@H](C)C(=O)O. The van der Waals surface area contributed by atoms with Gasteiger partial charge in [0, 0.05) is 18.7 Å². The highest BCUT2D eigenvalue weighted by atomic mass is 35.5. The van der Waals surface area contributed by atoms with Gasteiger partial charge >= 0.3 is 5.97 Å². The Hall–Kier alpha value is -2.21. The van der Waals surface area contributed by atoms with E-state index >= 15 is 0 Å². The van der Waals surface area contributed by atoms with Crippen LogP contribution in [0.25, 0.3) is 0 Å². The molecule has 6 nitrogen and oxygen atoms in total. The fourth-order valence-electron chi connectivity index (χ4n) is 2.07. The smallest absolute Gasteiger partial charge is 0.344 e. The molecule has 23 heavy (non-hydrogen) atoms. The van der Waals surface area contributed by atoms with Crippen molar-refractivity contribution in [3.05, 3.63) is 34.0 Å². The number of hydrogen-bond acceptors (Lipinski definition) is 4. The number of carboxylic acids is 1. The van der Waals surface area contributed by atoms with Crippen LogP contribution in [0, 0.1) is 20.8 Å². The third kappa shape index (κ3) is 3.59. The molecule has 7 heteroatoms. The summed E-state index contributed by atoms with van der Waals surface area (Å²) in [4.78, 5) is 11.0. The van der Waals surface area contributed by atoms with Gasteiger partial charge in [-0.1, -0.05) is 11.6 Å². The Kier molecular flexibility index (Phi) is 4.85. The van der Waals surface area contributed by atoms with Crippen LogP contribution in [-0.4, -0.2) is 27.0 Å². The highest BCUT2D eigenvalue weighted by molar-refractivity contribution is 6.32. The molecular formula is C16H19ClN2O4. The minimum Gasteiger partial charge on any atom is -0.479 e. The maximum absolute atomic E-state index is 11.0. The highest BCUT2D eigenvalue weighted by Crippen LogP contribution is 2.36. The number of ether oxygens (including phenoxy) is 2. The third-order valence-electron chi connectivity index (χ3n) is 3.55. The van der Waals surface area contributed by atoms with Crippen molar-refractivity contribution in [2.45, 2.75) is 33.8 Å². The van der Waals surface area contributed by atoms with Gasteiger partial charge in [0.05, 0.1) is 10.7 Å². The van der Waals surface area contributed by atoms with Crippen LogP contribution < -0.4 is 9.47 Å². The van der Waals surface area contributed by atoms with Crippen molar-refractivity contribution in [3.63, 3.8) is 0 Å². The summed E-state index contributed by atoms with van der Waals surface area (Å²) in [5.41, 5.74) is 2.50. The van der Waals surface area contributed by atoms with Crippen LogP contribution >= 0.6 is 11.6 Å². The monoisotopic (exact) mass is 338 g/mol. The molecule has 0 spiro atoms. The van der Waals surface area contributed by atoms with E-state index in [4.69, 9.17) is 26.2 Å². The molecular weight excluding hydrogens is 320 g/mol. The second kappa shape index (κ2) is 6.50. The van der Waals surface area contributed by atoms with Crippen molar-refractivity contribution < 1.29 is 19.4 Å². The van der Waals surface area contributed by atoms with E-state index in [0.717, 1.165) is 16.8 Å². The number of carboxylic acid groups (broad SMARTS) is 1. The van der Waals surface area contributed by atoms with E-state index in [1.165, 1.54) is 6.92 Å². The number of nitrogens with zero attached hydrogens (tertiary/aromatic N) is 2. The van der Waals surface area contributed by atoms with E-state index in [-0.39, 0.29) is 0 Å². The van der Waals surface area contributed by atoms with Gasteiger partial charge in [0.1, 0.15) is 5.75 Å². The summed E-state index contributed by atoms with van der Waals surface area (Å²) < 4.78 is 12.9. The molecule has 0 bridgehead atoms. The predicted octanol–water partition coefficient (Wildman–Crippen LogP) is 3.64. The molecule has 1 heterocycles. The molecule has 124 valence electrons. The Labute approximate surface area is 139 Å². The molecule has 2 rings (SSSR count). The van der Waals surface area contributed by atoms with Crippen molar-refractivity contribution in [2.75, 3.05) is 0 Å². The maximum atomic E-state index is 11.0. The zero-order valence-corrected chi connectivity index (χ0v) is 14.4. The lowest BCUT2D eigenvalue weighted by Crippen LogP contribution is -2.23. The molecule has 1 atom stereocenters. The summed E-state index contributed by atoms with van der Waals surface area (Å²) in [7, 11) is 1.78. The Morgan fingerprint density at radius 3 is 2.48 bits per heavy atom. The van der Waals surface area contributed by atoms with Crippen LogP contribution in [0.2, 0.25) is 5.02 Å². The lowest BCUT2D eigenvalue weighted by molar-refractivity contribution is -0.144. The molecule has 0 aliphatic carbocycles. The Balaban J connectivity index is 2.37. The molecule has 0 radical (unpaired) electrons. The van der Waals surface area contributed by atoms with Crippen molar-refractivity contribution in [1.82, 2.24) is 9.78 Å². The minimum atomic E-state index is -1.04. The topological polar surface area (TPSA) is 73.6 Å². The zero-order chi connectivity index (χ0) is 17.3. The molecule has 1 aromatic heterocycles. The summed E-state index contributed by atoms with van der Waals surface area (Å²) in [6.07, 6.45) is -0.969. The molecule has 0 unspecified atom stereocenters. The van der Waals surface area contributed by atoms with Crippen LogP contribution in [0.15, 0.2) is 12.1 Å². The molecule has 1 aromatic carbocycles. The van der Waals surface area contributed by atoms with Gasteiger partial charge in [-0.05, 0) is 39.3 Å². The Bertz CT molecular complexity index is 755. The molecule has 0 saturated heterocycles. The van der Waals surface area contributed by atoms with Crippen molar-refractivity contribution in [2.24, 2.45) is 7.05 Å². The molecule has 0 aliphatic heterocycles. The number of benzene rings is 1. The van der Waals surface area contributed by atoms with Crippen LogP contribution in [0.5, 0.6) is 17.4 Å². The molecule has 0 amide bonds. The summed E-state index contributed by atoms with van der Waals surface area (Å²) in [5, 5.41) is 13.7. The predicted molar refractivity (Wildman–Crippen MR) is 86.7 cm³/mol.